The Labute approximate surface area is 133 Å². The second kappa shape index (κ2) is 10.9. The highest BCUT2D eigenvalue weighted by atomic mass is 35.5. The monoisotopic (exact) mass is 314 g/mol. The van der Waals surface area contributed by atoms with E-state index in [4.69, 9.17) is 21.1 Å². The van der Waals surface area contributed by atoms with Crippen molar-refractivity contribution < 1.29 is 9.47 Å². The summed E-state index contributed by atoms with van der Waals surface area (Å²) < 4.78 is 10.9. The molecule has 0 aliphatic carbocycles. The van der Waals surface area contributed by atoms with Crippen LogP contribution in [0.3, 0.4) is 0 Å². The van der Waals surface area contributed by atoms with Gasteiger partial charge in [0.1, 0.15) is 0 Å². The van der Waals surface area contributed by atoms with Gasteiger partial charge in [0, 0.05) is 32.8 Å². The molecule has 1 rings (SSSR count). The molecule has 0 saturated heterocycles. The van der Waals surface area contributed by atoms with Gasteiger partial charge in [0.05, 0.1) is 23.9 Å². The topological polar surface area (TPSA) is 33.7 Å². The lowest BCUT2D eigenvalue weighted by atomic mass is 10.2. The van der Waals surface area contributed by atoms with Crippen LogP contribution in [0.15, 0.2) is 18.2 Å². The van der Waals surface area contributed by atoms with Crippen LogP contribution in [0.25, 0.3) is 0 Å². The number of nitrogens with one attached hydrogen (secondary N) is 1. The Morgan fingerprint density at radius 1 is 1.10 bits per heavy atom. The second-order valence-corrected chi connectivity index (χ2v) is 5.10. The van der Waals surface area contributed by atoms with E-state index in [0.29, 0.717) is 13.2 Å². The van der Waals surface area contributed by atoms with Crippen LogP contribution in [0.4, 0.5) is 5.69 Å². The molecule has 21 heavy (non-hydrogen) atoms. The van der Waals surface area contributed by atoms with Crippen molar-refractivity contribution in [2.24, 2.45) is 0 Å². The SMILES string of the molecule is CCOCCN(CCOCC)c1ccc(CNC)cc1Cl. The van der Waals surface area contributed by atoms with Crippen LogP contribution in [0.2, 0.25) is 5.02 Å². The molecule has 5 heteroatoms. The summed E-state index contributed by atoms with van der Waals surface area (Å²) in [5, 5.41) is 3.91. The number of nitrogens with zero attached hydrogens (tertiary/aromatic N) is 1. The third-order valence-electron chi connectivity index (χ3n) is 3.15. The Morgan fingerprint density at radius 2 is 1.71 bits per heavy atom. The minimum Gasteiger partial charge on any atom is -0.380 e. The first-order valence-corrected chi connectivity index (χ1v) is 7.94. The maximum atomic E-state index is 6.43. The van der Waals surface area contributed by atoms with E-state index in [1.54, 1.807) is 0 Å². The van der Waals surface area contributed by atoms with Crippen LogP contribution < -0.4 is 10.2 Å². The summed E-state index contributed by atoms with van der Waals surface area (Å²) in [4.78, 5) is 2.22. The first-order valence-electron chi connectivity index (χ1n) is 7.56. The zero-order valence-electron chi connectivity index (χ0n) is 13.3. The molecule has 0 aromatic heterocycles. The van der Waals surface area contributed by atoms with Crippen LogP contribution in [0, 0.1) is 0 Å². The van der Waals surface area contributed by atoms with Gasteiger partial charge in [0.2, 0.25) is 0 Å². The molecule has 4 nitrogen and oxygen atoms in total. The first kappa shape index (κ1) is 18.2. The fourth-order valence-corrected chi connectivity index (χ4v) is 2.43. The Hall–Kier alpha value is -0.810. The van der Waals surface area contributed by atoms with Gasteiger partial charge in [-0.15, -0.1) is 0 Å². The number of anilines is 1. The second-order valence-electron chi connectivity index (χ2n) is 4.70. The van der Waals surface area contributed by atoms with Crippen molar-refractivity contribution in [3.05, 3.63) is 28.8 Å². The van der Waals surface area contributed by atoms with Gasteiger partial charge in [-0.05, 0) is 38.6 Å². The standard InChI is InChI=1S/C16H27ClN2O2/c1-4-20-10-8-19(9-11-21-5-2)16-7-6-14(13-18-3)12-15(16)17/h6-7,12,18H,4-5,8-11,13H2,1-3H3. The predicted molar refractivity (Wildman–Crippen MR) is 89.4 cm³/mol. The summed E-state index contributed by atoms with van der Waals surface area (Å²) in [5.74, 6) is 0. The summed E-state index contributed by atoms with van der Waals surface area (Å²) >= 11 is 6.43. The molecule has 0 amide bonds. The number of benzene rings is 1. The van der Waals surface area contributed by atoms with E-state index in [0.717, 1.165) is 43.6 Å². The van der Waals surface area contributed by atoms with Gasteiger partial charge in [0.25, 0.3) is 0 Å². The molecular formula is C16H27ClN2O2. The third kappa shape index (κ3) is 6.66. The van der Waals surface area contributed by atoms with Crippen molar-refractivity contribution in [1.29, 1.82) is 0 Å². The molecule has 0 spiro atoms. The highest BCUT2D eigenvalue weighted by Gasteiger charge is 2.11. The lowest BCUT2D eigenvalue weighted by Crippen LogP contribution is -2.31. The molecule has 0 aliphatic heterocycles. The Bertz CT molecular complexity index is 392. The number of ether oxygens (including phenoxy) is 2. The molecule has 1 aromatic rings. The van der Waals surface area contributed by atoms with E-state index in [2.05, 4.69) is 22.3 Å². The molecule has 0 fully saturated rings. The maximum absolute atomic E-state index is 6.43. The molecule has 0 bridgehead atoms. The third-order valence-corrected chi connectivity index (χ3v) is 3.46. The van der Waals surface area contributed by atoms with Gasteiger partial charge >= 0.3 is 0 Å². The van der Waals surface area contributed by atoms with Crippen LogP contribution >= 0.6 is 11.6 Å². The van der Waals surface area contributed by atoms with Gasteiger partial charge in [-0.25, -0.2) is 0 Å². The number of hydrogen-bond acceptors (Lipinski definition) is 4. The lowest BCUT2D eigenvalue weighted by molar-refractivity contribution is 0.141. The minimum absolute atomic E-state index is 0.692. The van der Waals surface area contributed by atoms with Crippen molar-refractivity contribution in [1.82, 2.24) is 5.32 Å². The van der Waals surface area contributed by atoms with Gasteiger partial charge < -0.3 is 19.7 Å². The van der Waals surface area contributed by atoms with E-state index in [1.807, 2.05) is 27.0 Å². The molecule has 0 unspecified atom stereocenters. The molecule has 1 aromatic carbocycles. The van der Waals surface area contributed by atoms with Crippen molar-refractivity contribution in [2.45, 2.75) is 20.4 Å². The fraction of sp³-hybridized carbons (Fsp3) is 0.625. The molecule has 0 atom stereocenters. The molecule has 0 heterocycles. The van der Waals surface area contributed by atoms with Crippen molar-refractivity contribution in [2.75, 3.05) is 51.5 Å². The lowest BCUT2D eigenvalue weighted by Gasteiger charge is -2.26. The summed E-state index contributed by atoms with van der Waals surface area (Å²) in [7, 11) is 1.93. The Balaban J connectivity index is 2.74. The minimum atomic E-state index is 0.692. The first-order chi connectivity index (χ1) is 10.2. The molecule has 1 N–H and O–H groups in total. The van der Waals surface area contributed by atoms with Crippen molar-refractivity contribution in [3.63, 3.8) is 0 Å². The van der Waals surface area contributed by atoms with E-state index < -0.39 is 0 Å². The summed E-state index contributed by atoms with van der Waals surface area (Å²) in [6.07, 6.45) is 0. The van der Waals surface area contributed by atoms with E-state index in [-0.39, 0.29) is 0 Å². The summed E-state index contributed by atoms with van der Waals surface area (Å²) in [6.45, 7) is 9.29. The number of hydrogen-bond donors (Lipinski definition) is 1. The molecule has 120 valence electrons. The Kier molecular flexibility index (Phi) is 9.42. The molecule has 0 aliphatic rings. The molecular weight excluding hydrogens is 288 g/mol. The fourth-order valence-electron chi connectivity index (χ4n) is 2.11. The quantitative estimate of drug-likeness (QED) is 0.637. The zero-order chi connectivity index (χ0) is 15.5. The highest BCUT2D eigenvalue weighted by molar-refractivity contribution is 6.33. The largest absolute Gasteiger partial charge is 0.380 e. The van der Waals surface area contributed by atoms with E-state index >= 15 is 0 Å². The van der Waals surface area contributed by atoms with Crippen LogP contribution in [0.5, 0.6) is 0 Å². The van der Waals surface area contributed by atoms with Crippen LogP contribution in [-0.4, -0.2) is 46.6 Å². The number of halogens is 1. The van der Waals surface area contributed by atoms with E-state index in [9.17, 15) is 0 Å². The highest BCUT2D eigenvalue weighted by Crippen LogP contribution is 2.26. The van der Waals surface area contributed by atoms with Gasteiger partial charge in [0.15, 0.2) is 0 Å². The Morgan fingerprint density at radius 3 is 2.19 bits per heavy atom. The predicted octanol–water partition coefficient (Wildman–Crippen LogP) is 2.94. The normalized spacial score (nSPS) is 10.9. The molecule has 0 saturated carbocycles. The average Bonchev–Trinajstić information content (AvgIpc) is 2.47. The average molecular weight is 315 g/mol. The van der Waals surface area contributed by atoms with Crippen LogP contribution in [-0.2, 0) is 16.0 Å². The van der Waals surface area contributed by atoms with Crippen molar-refractivity contribution >= 4 is 17.3 Å². The smallest absolute Gasteiger partial charge is 0.0642 e. The van der Waals surface area contributed by atoms with Crippen molar-refractivity contribution in [3.8, 4) is 0 Å². The molecule has 0 radical (unpaired) electrons. The van der Waals surface area contributed by atoms with Gasteiger partial charge in [-0.1, -0.05) is 17.7 Å². The van der Waals surface area contributed by atoms with E-state index in [1.165, 1.54) is 5.56 Å². The van der Waals surface area contributed by atoms with Gasteiger partial charge in [-0.2, -0.15) is 0 Å². The maximum Gasteiger partial charge on any atom is 0.0642 e. The summed E-state index contributed by atoms with van der Waals surface area (Å²) in [5.41, 5.74) is 2.22. The van der Waals surface area contributed by atoms with Crippen LogP contribution in [0.1, 0.15) is 19.4 Å². The number of rotatable bonds is 11. The zero-order valence-corrected chi connectivity index (χ0v) is 14.1. The van der Waals surface area contributed by atoms with Gasteiger partial charge in [-0.3, -0.25) is 0 Å². The summed E-state index contributed by atoms with van der Waals surface area (Å²) in [6, 6.07) is 6.20.